The van der Waals surface area contributed by atoms with Crippen LogP contribution in [0, 0.1) is 0 Å². The number of unbranched alkanes of at least 4 members (excludes halogenated alkanes) is 15. The highest BCUT2D eigenvalue weighted by molar-refractivity contribution is 7.79. The first-order chi connectivity index (χ1) is 12.6. The minimum Gasteiger partial charge on any atom is -0.759 e. The molecule has 0 aliphatic rings. The Balaban J connectivity index is 0. The Hall–Kier alpha value is -0.170. The van der Waals surface area contributed by atoms with Crippen LogP contribution in [-0.2, 0) is 10.4 Å². The van der Waals surface area contributed by atoms with Gasteiger partial charge >= 0.3 is 0 Å². The number of nitrogens with zero attached hydrogens (tertiary/aromatic N) is 1. The standard InChI is InChI=1S/C21H46N.H2O4S/c1-5-6-7-8-9-10-11-12-13-14-15-16-17-18-19-20-21-22(2,3)4;1-5(2,3)4/h5-21H2,1-4H3;(H2,1,2,3,4)/q+1;/p-2. The number of quaternary nitrogens is 1. The summed E-state index contributed by atoms with van der Waals surface area (Å²) in [5.74, 6) is 0. The summed E-state index contributed by atoms with van der Waals surface area (Å²) in [5, 5.41) is 0. The van der Waals surface area contributed by atoms with Gasteiger partial charge in [0.25, 0.3) is 0 Å². The molecule has 6 heteroatoms. The van der Waals surface area contributed by atoms with E-state index in [1.165, 1.54) is 109 Å². The summed E-state index contributed by atoms with van der Waals surface area (Å²) >= 11 is 0. The van der Waals surface area contributed by atoms with Crippen LogP contribution in [0.1, 0.15) is 110 Å². The number of rotatable bonds is 17. The molecule has 0 aromatic heterocycles. The van der Waals surface area contributed by atoms with Crippen molar-refractivity contribution in [1.82, 2.24) is 0 Å². The summed E-state index contributed by atoms with van der Waals surface area (Å²) in [4.78, 5) is 0. The van der Waals surface area contributed by atoms with E-state index >= 15 is 0 Å². The summed E-state index contributed by atoms with van der Waals surface area (Å²) in [6, 6.07) is 0. The molecule has 5 nitrogen and oxygen atoms in total. The maximum atomic E-state index is 8.52. The molecule has 0 aliphatic heterocycles. The third-order valence-electron chi connectivity index (χ3n) is 4.68. The average molecular weight is 409 g/mol. The first kappa shape index (κ1) is 29.0. The predicted octanol–water partition coefficient (Wildman–Crippen LogP) is 5.62. The van der Waals surface area contributed by atoms with Gasteiger partial charge in [-0.1, -0.05) is 96.8 Å². The maximum absolute atomic E-state index is 8.52. The van der Waals surface area contributed by atoms with Gasteiger partial charge in [0.1, 0.15) is 0 Å². The van der Waals surface area contributed by atoms with Crippen molar-refractivity contribution in [3.8, 4) is 0 Å². The SMILES string of the molecule is CCCCCCCCCCCCCCCCCC[N+](C)(C)C.O=S(=O)([O-])[O-]. The fourth-order valence-corrected chi connectivity index (χ4v) is 3.13. The Kier molecular flexibility index (Phi) is 20.6. The molecule has 0 fully saturated rings. The molecule has 166 valence electrons. The molecule has 0 rings (SSSR count). The molecule has 0 heterocycles. The monoisotopic (exact) mass is 408 g/mol. The van der Waals surface area contributed by atoms with Crippen molar-refractivity contribution >= 4 is 10.4 Å². The van der Waals surface area contributed by atoms with Crippen LogP contribution in [0.25, 0.3) is 0 Å². The van der Waals surface area contributed by atoms with Crippen LogP contribution in [0.3, 0.4) is 0 Å². The van der Waals surface area contributed by atoms with Gasteiger partial charge in [0, 0.05) is 10.4 Å². The lowest BCUT2D eigenvalue weighted by Gasteiger charge is -2.23. The van der Waals surface area contributed by atoms with Gasteiger partial charge in [-0.25, -0.2) is 0 Å². The molecule has 0 saturated carbocycles. The van der Waals surface area contributed by atoms with Gasteiger partial charge in [-0.2, -0.15) is 0 Å². The molecule has 0 aliphatic carbocycles. The van der Waals surface area contributed by atoms with Crippen LogP contribution in [-0.4, -0.2) is 49.7 Å². The second kappa shape index (κ2) is 19.2. The zero-order chi connectivity index (χ0) is 21.0. The minimum absolute atomic E-state index is 1.12. The second-order valence-corrected chi connectivity index (χ2v) is 9.54. The van der Waals surface area contributed by atoms with E-state index in [0.29, 0.717) is 0 Å². The van der Waals surface area contributed by atoms with E-state index in [1.807, 2.05) is 0 Å². The quantitative estimate of drug-likeness (QED) is 0.135. The summed E-state index contributed by atoms with van der Waals surface area (Å²) in [5.41, 5.74) is 0. The molecular weight excluding hydrogens is 362 g/mol. The Morgan fingerprint density at radius 1 is 0.556 bits per heavy atom. The summed E-state index contributed by atoms with van der Waals surface area (Å²) in [6.07, 6.45) is 23.4. The summed E-state index contributed by atoms with van der Waals surface area (Å²) in [7, 11) is 1.72. The largest absolute Gasteiger partial charge is 0.759 e. The van der Waals surface area contributed by atoms with E-state index < -0.39 is 10.4 Å². The molecule has 0 bridgehead atoms. The molecule has 0 N–H and O–H groups in total. The van der Waals surface area contributed by atoms with Crippen molar-refractivity contribution in [2.45, 2.75) is 110 Å². The van der Waals surface area contributed by atoms with Crippen LogP contribution in [0.15, 0.2) is 0 Å². The highest BCUT2D eigenvalue weighted by Crippen LogP contribution is 2.13. The summed E-state index contributed by atoms with van der Waals surface area (Å²) < 4.78 is 35.2. The Morgan fingerprint density at radius 3 is 1.00 bits per heavy atom. The van der Waals surface area contributed by atoms with Crippen LogP contribution in [0.5, 0.6) is 0 Å². The van der Waals surface area contributed by atoms with E-state index in [2.05, 4.69) is 28.1 Å². The fraction of sp³-hybridized carbons (Fsp3) is 1.00. The van der Waals surface area contributed by atoms with Gasteiger partial charge in [-0.3, -0.25) is 8.42 Å². The highest BCUT2D eigenvalue weighted by atomic mass is 32.3. The number of hydrogen-bond donors (Lipinski definition) is 0. The smallest absolute Gasteiger partial charge is 0.0780 e. The van der Waals surface area contributed by atoms with Crippen molar-refractivity contribution < 1.29 is 22.0 Å². The normalized spacial score (nSPS) is 11.9. The fourth-order valence-electron chi connectivity index (χ4n) is 3.13. The molecule has 27 heavy (non-hydrogen) atoms. The van der Waals surface area contributed by atoms with Crippen molar-refractivity contribution in [2.75, 3.05) is 27.7 Å². The lowest BCUT2D eigenvalue weighted by Crippen LogP contribution is -2.35. The molecular formula is C21H46NO4S-. The second-order valence-electron chi connectivity index (χ2n) is 8.73. The van der Waals surface area contributed by atoms with E-state index in [1.54, 1.807) is 0 Å². The molecule has 0 radical (unpaired) electrons. The zero-order valence-electron chi connectivity index (χ0n) is 18.5. The first-order valence-electron chi connectivity index (χ1n) is 11.0. The van der Waals surface area contributed by atoms with Crippen molar-refractivity contribution in [1.29, 1.82) is 0 Å². The lowest BCUT2D eigenvalue weighted by molar-refractivity contribution is -0.870. The van der Waals surface area contributed by atoms with Gasteiger partial charge in [0.15, 0.2) is 0 Å². The lowest BCUT2D eigenvalue weighted by atomic mass is 10.0. The topological polar surface area (TPSA) is 80.3 Å². The third kappa shape index (κ3) is 41.4. The minimum atomic E-state index is -5.17. The highest BCUT2D eigenvalue weighted by Gasteiger charge is 2.04. The van der Waals surface area contributed by atoms with Crippen LogP contribution < -0.4 is 0 Å². The average Bonchev–Trinajstić information content (AvgIpc) is 2.52. The maximum Gasteiger partial charge on any atom is 0.0780 e. The Bertz CT molecular complexity index is 383. The van der Waals surface area contributed by atoms with Gasteiger partial charge in [-0.05, 0) is 12.8 Å². The van der Waals surface area contributed by atoms with Gasteiger partial charge in [0.05, 0.1) is 27.7 Å². The molecule has 0 aromatic carbocycles. The van der Waals surface area contributed by atoms with Crippen LogP contribution in [0.2, 0.25) is 0 Å². The van der Waals surface area contributed by atoms with Gasteiger partial charge in [-0.15, -0.1) is 0 Å². The first-order valence-corrected chi connectivity index (χ1v) is 12.4. The van der Waals surface area contributed by atoms with Crippen LogP contribution >= 0.6 is 0 Å². The number of hydrogen-bond acceptors (Lipinski definition) is 4. The van der Waals surface area contributed by atoms with Crippen molar-refractivity contribution in [3.05, 3.63) is 0 Å². The third-order valence-corrected chi connectivity index (χ3v) is 4.68. The van der Waals surface area contributed by atoms with Crippen molar-refractivity contribution in [3.63, 3.8) is 0 Å². The van der Waals surface area contributed by atoms with Gasteiger partial charge < -0.3 is 13.6 Å². The Labute approximate surface area is 170 Å². The van der Waals surface area contributed by atoms with E-state index in [0.717, 1.165) is 4.48 Å². The van der Waals surface area contributed by atoms with E-state index in [-0.39, 0.29) is 0 Å². The molecule has 0 spiro atoms. The zero-order valence-corrected chi connectivity index (χ0v) is 19.3. The molecule has 0 aromatic rings. The molecule has 0 saturated heterocycles. The van der Waals surface area contributed by atoms with Crippen molar-refractivity contribution in [2.24, 2.45) is 0 Å². The molecule has 0 amide bonds. The van der Waals surface area contributed by atoms with Gasteiger partial charge in [0.2, 0.25) is 0 Å². The van der Waals surface area contributed by atoms with E-state index in [4.69, 9.17) is 17.5 Å². The van der Waals surface area contributed by atoms with Crippen LogP contribution in [0.4, 0.5) is 0 Å². The Morgan fingerprint density at radius 2 is 0.778 bits per heavy atom. The van der Waals surface area contributed by atoms with E-state index in [9.17, 15) is 0 Å². The summed E-state index contributed by atoms with van der Waals surface area (Å²) in [6.45, 7) is 3.63. The predicted molar refractivity (Wildman–Crippen MR) is 113 cm³/mol. The molecule has 0 unspecified atom stereocenters. The molecule has 0 atom stereocenters.